The lowest BCUT2D eigenvalue weighted by atomic mass is 9.83. The first-order valence-electron chi connectivity index (χ1n) is 5.48. The summed E-state index contributed by atoms with van der Waals surface area (Å²) in [5, 5.41) is 9.39. The van der Waals surface area contributed by atoms with Crippen molar-refractivity contribution >= 4 is 0 Å². The third kappa shape index (κ3) is 2.18. The van der Waals surface area contributed by atoms with Crippen molar-refractivity contribution in [2.24, 2.45) is 0 Å². The molecule has 2 fully saturated rings. The summed E-state index contributed by atoms with van der Waals surface area (Å²) < 4.78 is 17.3. The lowest BCUT2D eigenvalue weighted by Crippen LogP contribution is -2.57. The van der Waals surface area contributed by atoms with Crippen LogP contribution in [0.15, 0.2) is 0 Å². The first-order chi connectivity index (χ1) is 6.89. The average Bonchev–Trinajstić information content (AvgIpc) is 2.49. The van der Waals surface area contributed by atoms with Gasteiger partial charge in [0.1, 0.15) is 0 Å². The first kappa shape index (κ1) is 11.3. The van der Waals surface area contributed by atoms with Gasteiger partial charge in [-0.25, -0.2) is 0 Å². The van der Waals surface area contributed by atoms with Crippen LogP contribution in [0.1, 0.15) is 33.6 Å². The summed E-state index contributed by atoms with van der Waals surface area (Å²) in [6.45, 7) is 7.18. The number of rotatable bonds is 1. The minimum atomic E-state index is -0.563. The van der Waals surface area contributed by atoms with E-state index in [0.717, 1.165) is 6.42 Å². The Morgan fingerprint density at radius 3 is 2.20 bits per heavy atom. The fourth-order valence-electron chi connectivity index (χ4n) is 2.81. The highest BCUT2D eigenvalue weighted by Crippen LogP contribution is 2.45. The van der Waals surface area contributed by atoms with Crippen molar-refractivity contribution < 1.29 is 19.3 Å². The Morgan fingerprint density at radius 2 is 1.67 bits per heavy atom. The Bertz CT molecular complexity index is 245. The highest BCUT2D eigenvalue weighted by molar-refractivity contribution is 4.97. The van der Waals surface area contributed by atoms with E-state index >= 15 is 0 Å². The van der Waals surface area contributed by atoms with Crippen molar-refractivity contribution in [3.05, 3.63) is 0 Å². The molecular weight excluding hydrogens is 196 g/mol. The van der Waals surface area contributed by atoms with Gasteiger partial charge in [0.2, 0.25) is 0 Å². The molecule has 2 aliphatic heterocycles. The Kier molecular flexibility index (Phi) is 2.58. The number of aliphatic hydroxyl groups excluding tert-OH is 1. The van der Waals surface area contributed by atoms with E-state index in [1.807, 2.05) is 20.8 Å². The molecule has 1 atom stereocenters. The van der Waals surface area contributed by atoms with E-state index in [4.69, 9.17) is 14.2 Å². The van der Waals surface area contributed by atoms with Gasteiger partial charge in [-0.2, -0.15) is 0 Å². The standard InChI is InChI=1S/C11H20O4/c1-9(2)6-11(13-4-5-14-11)7-10(3,8-12)15-9/h12H,4-8H2,1-3H3. The molecule has 0 aromatic heterocycles. The van der Waals surface area contributed by atoms with E-state index in [1.54, 1.807) is 0 Å². The van der Waals surface area contributed by atoms with Crippen LogP contribution in [0.3, 0.4) is 0 Å². The second-order valence-corrected chi connectivity index (χ2v) is 5.43. The van der Waals surface area contributed by atoms with Crippen molar-refractivity contribution in [2.45, 2.75) is 50.6 Å². The molecule has 2 rings (SSSR count). The van der Waals surface area contributed by atoms with Crippen LogP contribution in [0.5, 0.6) is 0 Å². The molecule has 0 bridgehead atoms. The minimum Gasteiger partial charge on any atom is -0.393 e. The fraction of sp³-hybridized carbons (Fsp3) is 1.00. The molecule has 0 aromatic rings. The summed E-state index contributed by atoms with van der Waals surface area (Å²) in [6, 6.07) is 0. The lowest BCUT2D eigenvalue weighted by molar-refractivity contribution is -0.297. The van der Waals surface area contributed by atoms with E-state index in [2.05, 4.69) is 0 Å². The van der Waals surface area contributed by atoms with Crippen LogP contribution in [0, 0.1) is 0 Å². The number of hydrogen-bond acceptors (Lipinski definition) is 4. The maximum absolute atomic E-state index is 9.39. The molecule has 88 valence electrons. The van der Waals surface area contributed by atoms with Crippen LogP contribution in [0.4, 0.5) is 0 Å². The van der Waals surface area contributed by atoms with Crippen LogP contribution in [-0.4, -0.2) is 41.9 Å². The monoisotopic (exact) mass is 216 g/mol. The third-order valence-corrected chi connectivity index (χ3v) is 3.01. The zero-order chi connectivity index (χ0) is 11.2. The van der Waals surface area contributed by atoms with Gasteiger partial charge in [0.25, 0.3) is 0 Å². The van der Waals surface area contributed by atoms with Crippen molar-refractivity contribution in [1.29, 1.82) is 0 Å². The van der Waals surface area contributed by atoms with Crippen molar-refractivity contribution in [3.8, 4) is 0 Å². The molecule has 4 nitrogen and oxygen atoms in total. The van der Waals surface area contributed by atoms with Gasteiger partial charge in [0, 0.05) is 12.8 Å². The molecule has 1 unspecified atom stereocenters. The third-order valence-electron chi connectivity index (χ3n) is 3.01. The molecule has 0 aliphatic carbocycles. The summed E-state index contributed by atoms with van der Waals surface area (Å²) in [7, 11) is 0. The fourth-order valence-corrected chi connectivity index (χ4v) is 2.81. The van der Waals surface area contributed by atoms with Crippen LogP contribution < -0.4 is 0 Å². The molecule has 1 N–H and O–H groups in total. The average molecular weight is 216 g/mol. The summed E-state index contributed by atoms with van der Waals surface area (Å²) in [6.07, 6.45) is 1.32. The van der Waals surface area contributed by atoms with E-state index in [1.165, 1.54) is 0 Å². The quantitative estimate of drug-likeness (QED) is 0.712. The second-order valence-electron chi connectivity index (χ2n) is 5.43. The Labute approximate surface area is 90.5 Å². The van der Waals surface area contributed by atoms with E-state index in [0.29, 0.717) is 19.6 Å². The van der Waals surface area contributed by atoms with Crippen LogP contribution >= 0.6 is 0 Å². The van der Waals surface area contributed by atoms with Gasteiger partial charge >= 0.3 is 0 Å². The molecule has 2 heterocycles. The molecule has 1 spiro atoms. The summed E-state index contributed by atoms with van der Waals surface area (Å²) >= 11 is 0. The molecule has 2 saturated heterocycles. The van der Waals surface area contributed by atoms with Crippen molar-refractivity contribution in [1.82, 2.24) is 0 Å². The highest BCUT2D eigenvalue weighted by atomic mass is 16.7. The van der Waals surface area contributed by atoms with E-state index in [-0.39, 0.29) is 12.2 Å². The molecular formula is C11H20O4. The van der Waals surface area contributed by atoms with Gasteiger partial charge < -0.3 is 19.3 Å². The smallest absolute Gasteiger partial charge is 0.174 e. The summed E-state index contributed by atoms with van der Waals surface area (Å²) in [4.78, 5) is 0. The maximum atomic E-state index is 9.39. The highest BCUT2D eigenvalue weighted by Gasteiger charge is 2.53. The normalized spacial score (nSPS) is 38.4. The second kappa shape index (κ2) is 3.42. The van der Waals surface area contributed by atoms with Gasteiger partial charge in [0.05, 0.1) is 31.0 Å². The Balaban J connectivity index is 2.21. The zero-order valence-corrected chi connectivity index (χ0v) is 9.71. The first-order valence-corrected chi connectivity index (χ1v) is 5.48. The van der Waals surface area contributed by atoms with Crippen LogP contribution in [-0.2, 0) is 14.2 Å². The largest absolute Gasteiger partial charge is 0.393 e. The number of aliphatic hydroxyl groups is 1. The van der Waals surface area contributed by atoms with Gasteiger partial charge in [-0.3, -0.25) is 0 Å². The summed E-state index contributed by atoms with van der Waals surface area (Å²) in [5.41, 5.74) is -0.883. The van der Waals surface area contributed by atoms with Crippen LogP contribution in [0.2, 0.25) is 0 Å². The zero-order valence-electron chi connectivity index (χ0n) is 9.71. The van der Waals surface area contributed by atoms with Gasteiger partial charge in [0.15, 0.2) is 5.79 Å². The Morgan fingerprint density at radius 1 is 1.07 bits per heavy atom. The molecule has 0 amide bonds. The SMILES string of the molecule is CC1(C)CC2(CC(C)(CO)O1)OCCO2. The number of ether oxygens (including phenoxy) is 3. The van der Waals surface area contributed by atoms with Gasteiger partial charge in [-0.1, -0.05) is 0 Å². The molecule has 0 radical (unpaired) electrons. The molecule has 4 heteroatoms. The van der Waals surface area contributed by atoms with E-state index in [9.17, 15) is 5.11 Å². The molecule has 0 aromatic carbocycles. The van der Waals surface area contributed by atoms with Crippen molar-refractivity contribution in [3.63, 3.8) is 0 Å². The predicted octanol–water partition coefficient (Wildman–Crippen LogP) is 1.07. The maximum Gasteiger partial charge on any atom is 0.174 e. The van der Waals surface area contributed by atoms with Gasteiger partial charge in [-0.05, 0) is 20.8 Å². The molecule has 15 heavy (non-hydrogen) atoms. The minimum absolute atomic E-state index is 0.00903. The van der Waals surface area contributed by atoms with Crippen molar-refractivity contribution in [2.75, 3.05) is 19.8 Å². The Hall–Kier alpha value is -0.160. The molecule has 0 saturated carbocycles. The van der Waals surface area contributed by atoms with Crippen LogP contribution in [0.25, 0.3) is 0 Å². The summed E-state index contributed by atoms with van der Waals surface area (Å²) in [5.74, 6) is -0.542. The van der Waals surface area contributed by atoms with Gasteiger partial charge in [-0.15, -0.1) is 0 Å². The lowest BCUT2D eigenvalue weighted by Gasteiger charge is -2.49. The number of hydrogen-bond donors (Lipinski definition) is 1. The predicted molar refractivity (Wildman–Crippen MR) is 54.5 cm³/mol. The molecule has 2 aliphatic rings. The van der Waals surface area contributed by atoms with E-state index < -0.39 is 11.4 Å². The topological polar surface area (TPSA) is 47.9 Å².